The van der Waals surface area contributed by atoms with Gasteiger partial charge in [0.1, 0.15) is 0 Å². The van der Waals surface area contributed by atoms with Crippen LogP contribution in [0.2, 0.25) is 0 Å². The van der Waals surface area contributed by atoms with Gasteiger partial charge >= 0.3 is 0 Å². The lowest BCUT2D eigenvalue weighted by molar-refractivity contribution is 0.311. The molecule has 2 rings (SSSR count). The van der Waals surface area contributed by atoms with Crippen LogP contribution in [-0.2, 0) is 0 Å². The Balaban J connectivity index is 2.51. The number of hydrogen-bond acceptors (Lipinski definition) is 5. The molecule has 2 aromatic carbocycles. The van der Waals surface area contributed by atoms with Crippen molar-refractivity contribution in [2.45, 2.75) is 0 Å². The van der Waals surface area contributed by atoms with Crippen molar-refractivity contribution in [2.75, 3.05) is 48.9 Å². The van der Waals surface area contributed by atoms with E-state index >= 15 is 0 Å². The highest BCUT2D eigenvalue weighted by Crippen LogP contribution is 2.33. The zero-order valence-electron chi connectivity index (χ0n) is 12.4. The minimum absolute atomic E-state index is 0.0855. The van der Waals surface area contributed by atoms with E-state index in [4.69, 9.17) is 10.8 Å². The highest BCUT2D eigenvalue weighted by Gasteiger charge is 2.08. The van der Waals surface area contributed by atoms with Crippen LogP contribution in [0.25, 0.3) is 11.1 Å². The Labute approximate surface area is 125 Å². The quantitative estimate of drug-likeness (QED) is 0.527. The molecule has 5 heteroatoms. The first-order chi connectivity index (χ1) is 10.2. The van der Waals surface area contributed by atoms with Crippen LogP contribution >= 0.6 is 0 Å². The van der Waals surface area contributed by atoms with E-state index in [-0.39, 0.29) is 6.61 Å². The summed E-state index contributed by atoms with van der Waals surface area (Å²) in [4.78, 5) is 0. The lowest BCUT2D eigenvalue weighted by Crippen LogP contribution is -2.07. The fraction of sp³-hybridized carbons (Fsp3) is 0.250. The van der Waals surface area contributed by atoms with E-state index in [0.717, 1.165) is 28.2 Å². The van der Waals surface area contributed by atoms with Gasteiger partial charge in [-0.3, -0.25) is 0 Å². The van der Waals surface area contributed by atoms with Gasteiger partial charge in [-0.1, -0.05) is 0 Å². The first-order valence-electron chi connectivity index (χ1n) is 6.93. The van der Waals surface area contributed by atoms with Crippen LogP contribution in [0.15, 0.2) is 36.4 Å². The van der Waals surface area contributed by atoms with E-state index in [1.165, 1.54) is 0 Å². The molecule has 0 amide bonds. The van der Waals surface area contributed by atoms with Crippen LogP contribution in [0.5, 0.6) is 0 Å². The Morgan fingerprint density at radius 1 is 1.00 bits per heavy atom. The second kappa shape index (κ2) is 6.85. The van der Waals surface area contributed by atoms with Crippen molar-refractivity contribution in [2.24, 2.45) is 0 Å². The number of aliphatic hydroxyl groups excluding tert-OH is 1. The van der Waals surface area contributed by atoms with Crippen molar-refractivity contribution in [3.8, 4) is 11.1 Å². The van der Waals surface area contributed by atoms with E-state index in [1.807, 2.05) is 38.4 Å². The maximum Gasteiger partial charge on any atom is 0.0604 e. The molecule has 21 heavy (non-hydrogen) atoms. The SMILES string of the molecule is CNc1cc(NC)cc(-c2cc(N)ccc2NCCO)c1. The number of rotatable bonds is 6. The summed E-state index contributed by atoms with van der Waals surface area (Å²) >= 11 is 0. The molecule has 0 fully saturated rings. The van der Waals surface area contributed by atoms with Crippen molar-refractivity contribution in [1.82, 2.24) is 0 Å². The summed E-state index contributed by atoms with van der Waals surface area (Å²) in [7, 11) is 3.78. The smallest absolute Gasteiger partial charge is 0.0604 e. The lowest BCUT2D eigenvalue weighted by Gasteiger charge is -2.15. The standard InChI is InChI=1S/C16H22N4O/c1-18-13-7-11(8-14(10-13)19-2)15-9-12(17)3-4-16(15)20-5-6-21/h3-4,7-10,18-21H,5-6,17H2,1-2H3. The molecule has 0 heterocycles. The van der Waals surface area contributed by atoms with Crippen LogP contribution in [0, 0.1) is 0 Å². The molecule has 0 saturated carbocycles. The minimum atomic E-state index is 0.0855. The van der Waals surface area contributed by atoms with E-state index < -0.39 is 0 Å². The molecule has 0 aliphatic carbocycles. The topological polar surface area (TPSA) is 82.3 Å². The van der Waals surface area contributed by atoms with E-state index in [0.29, 0.717) is 12.2 Å². The summed E-state index contributed by atoms with van der Waals surface area (Å²) in [5.74, 6) is 0. The third kappa shape index (κ3) is 3.58. The molecule has 6 N–H and O–H groups in total. The second-order valence-electron chi connectivity index (χ2n) is 4.75. The fourth-order valence-corrected chi connectivity index (χ4v) is 2.22. The summed E-state index contributed by atoms with van der Waals surface area (Å²) < 4.78 is 0. The van der Waals surface area contributed by atoms with Gasteiger partial charge in [0.2, 0.25) is 0 Å². The van der Waals surface area contributed by atoms with Gasteiger partial charge in [0.25, 0.3) is 0 Å². The van der Waals surface area contributed by atoms with E-state index in [1.54, 1.807) is 0 Å². The molecule has 0 unspecified atom stereocenters. The first-order valence-corrected chi connectivity index (χ1v) is 6.93. The van der Waals surface area contributed by atoms with Crippen LogP contribution < -0.4 is 21.7 Å². The van der Waals surface area contributed by atoms with Crippen LogP contribution in [-0.4, -0.2) is 32.4 Å². The Morgan fingerprint density at radius 2 is 1.67 bits per heavy atom. The molecular weight excluding hydrogens is 264 g/mol. The lowest BCUT2D eigenvalue weighted by atomic mass is 10.0. The van der Waals surface area contributed by atoms with Gasteiger partial charge in [-0.05, 0) is 42.0 Å². The van der Waals surface area contributed by atoms with Crippen molar-refractivity contribution < 1.29 is 5.11 Å². The molecule has 0 saturated heterocycles. The highest BCUT2D eigenvalue weighted by molar-refractivity contribution is 5.84. The maximum atomic E-state index is 9.00. The predicted octanol–water partition coefficient (Wildman–Crippen LogP) is 2.42. The number of nitrogens with two attached hydrogens (primary N) is 1. The monoisotopic (exact) mass is 286 g/mol. The molecule has 2 aromatic rings. The zero-order chi connectivity index (χ0) is 15.2. The summed E-state index contributed by atoms with van der Waals surface area (Å²) in [5.41, 5.74) is 11.7. The molecular formula is C16H22N4O. The van der Waals surface area contributed by atoms with Gasteiger partial charge in [0, 0.05) is 49.0 Å². The molecule has 0 bridgehead atoms. The van der Waals surface area contributed by atoms with Gasteiger partial charge in [-0.25, -0.2) is 0 Å². The average molecular weight is 286 g/mol. The van der Waals surface area contributed by atoms with E-state index in [9.17, 15) is 0 Å². The Kier molecular flexibility index (Phi) is 4.90. The number of nitrogens with one attached hydrogen (secondary N) is 3. The Hall–Kier alpha value is -2.40. The van der Waals surface area contributed by atoms with Gasteiger partial charge in [0.05, 0.1) is 6.61 Å². The van der Waals surface area contributed by atoms with Gasteiger partial charge < -0.3 is 26.8 Å². The molecule has 0 spiro atoms. The van der Waals surface area contributed by atoms with E-state index in [2.05, 4.69) is 28.1 Å². The molecule has 5 nitrogen and oxygen atoms in total. The summed E-state index contributed by atoms with van der Waals surface area (Å²) in [6.45, 7) is 0.587. The number of anilines is 4. The third-order valence-corrected chi connectivity index (χ3v) is 3.29. The molecule has 0 aromatic heterocycles. The van der Waals surface area contributed by atoms with Crippen LogP contribution in [0.3, 0.4) is 0 Å². The normalized spacial score (nSPS) is 10.2. The maximum absolute atomic E-state index is 9.00. The largest absolute Gasteiger partial charge is 0.399 e. The molecule has 0 atom stereocenters. The third-order valence-electron chi connectivity index (χ3n) is 3.29. The number of benzene rings is 2. The fourth-order valence-electron chi connectivity index (χ4n) is 2.22. The zero-order valence-corrected chi connectivity index (χ0v) is 12.4. The average Bonchev–Trinajstić information content (AvgIpc) is 2.53. The molecule has 0 aliphatic rings. The number of nitrogen functional groups attached to an aromatic ring is 1. The Bertz CT molecular complexity index is 591. The number of aliphatic hydroxyl groups is 1. The second-order valence-corrected chi connectivity index (χ2v) is 4.75. The summed E-state index contributed by atoms with van der Waals surface area (Å²) in [6.07, 6.45) is 0. The predicted molar refractivity (Wildman–Crippen MR) is 91.0 cm³/mol. The summed E-state index contributed by atoms with van der Waals surface area (Å²) in [6, 6.07) is 11.9. The Morgan fingerprint density at radius 3 is 2.24 bits per heavy atom. The number of hydrogen-bond donors (Lipinski definition) is 5. The molecule has 0 aliphatic heterocycles. The molecule has 0 radical (unpaired) electrons. The molecule has 112 valence electrons. The van der Waals surface area contributed by atoms with Gasteiger partial charge in [0.15, 0.2) is 0 Å². The van der Waals surface area contributed by atoms with Gasteiger partial charge in [-0.15, -0.1) is 0 Å². The van der Waals surface area contributed by atoms with Crippen LogP contribution in [0.1, 0.15) is 0 Å². The van der Waals surface area contributed by atoms with Crippen LogP contribution in [0.4, 0.5) is 22.7 Å². The first kappa shape index (κ1) is 15.0. The summed E-state index contributed by atoms with van der Waals surface area (Å²) in [5, 5.41) is 18.5. The van der Waals surface area contributed by atoms with Crippen molar-refractivity contribution in [3.05, 3.63) is 36.4 Å². The van der Waals surface area contributed by atoms with Crippen molar-refractivity contribution in [1.29, 1.82) is 0 Å². The van der Waals surface area contributed by atoms with Crippen molar-refractivity contribution in [3.63, 3.8) is 0 Å². The van der Waals surface area contributed by atoms with Crippen molar-refractivity contribution >= 4 is 22.7 Å². The minimum Gasteiger partial charge on any atom is -0.399 e. The van der Waals surface area contributed by atoms with Gasteiger partial charge in [-0.2, -0.15) is 0 Å². The highest BCUT2D eigenvalue weighted by atomic mass is 16.3.